The fourth-order valence-corrected chi connectivity index (χ4v) is 3.32. The normalized spacial score (nSPS) is 27.6. The highest BCUT2D eigenvalue weighted by Gasteiger charge is 2.74. The van der Waals surface area contributed by atoms with Crippen LogP contribution in [-0.2, 0) is 4.79 Å². The molecule has 1 N–H and O–H groups in total. The number of carboxylic acids is 1. The molecule has 2 heteroatoms. The van der Waals surface area contributed by atoms with Gasteiger partial charge < -0.3 is 5.11 Å². The molecule has 1 saturated carbocycles. The van der Waals surface area contributed by atoms with Crippen LogP contribution in [0, 0.1) is 29.1 Å². The summed E-state index contributed by atoms with van der Waals surface area (Å²) in [5.74, 6) is 2.02. The Balaban J connectivity index is 2.97. The minimum Gasteiger partial charge on any atom is -0.481 e. The van der Waals surface area contributed by atoms with E-state index in [2.05, 4.69) is 31.9 Å². The van der Waals surface area contributed by atoms with Crippen molar-refractivity contribution in [2.45, 2.75) is 53.9 Å². The maximum Gasteiger partial charge on any atom is 0.311 e. The summed E-state index contributed by atoms with van der Waals surface area (Å²) in [5, 5.41) is 9.75. The summed E-state index contributed by atoms with van der Waals surface area (Å²) >= 11 is 0. The van der Waals surface area contributed by atoms with Crippen molar-refractivity contribution in [3.8, 4) is 12.3 Å². The molecule has 0 bridgehead atoms. The van der Waals surface area contributed by atoms with Gasteiger partial charge in [-0.15, -0.1) is 12.3 Å². The third kappa shape index (κ3) is 2.82. The molecular formula is C18H26O2. The van der Waals surface area contributed by atoms with E-state index in [1.165, 1.54) is 5.57 Å². The van der Waals surface area contributed by atoms with E-state index in [0.29, 0.717) is 12.8 Å². The van der Waals surface area contributed by atoms with Gasteiger partial charge in [0.05, 0.1) is 5.41 Å². The molecule has 0 aromatic carbocycles. The van der Waals surface area contributed by atoms with Crippen LogP contribution in [0.25, 0.3) is 0 Å². The van der Waals surface area contributed by atoms with Crippen LogP contribution >= 0.6 is 0 Å². The molecular weight excluding hydrogens is 248 g/mol. The van der Waals surface area contributed by atoms with Crippen molar-refractivity contribution in [1.82, 2.24) is 0 Å². The van der Waals surface area contributed by atoms with Crippen molar-refractivity contribution in [2.75, 3.05) is 0 Å². The van der Waals surface area contributed by atoms with Crippen molar-refractivity contribution in [3.63, 3.8) is 0 Å². The summed E-state index contributed by atoms with van der Waals surface area (Å²) in [4.78, 5) is 11.9. The van der Waals surface area contributed by atoms with E-state index in [1.54, 1.807) is 0 Å². The predicted octanol–water partition coefficient (Wildman–Crippen LogP) is 4.43. The van der Waals surface area contributed by atoms with E-state index in [-0.39, 0.29) is 11.3 Å². The lowest BCUT2D eigenvalue weighted by atomic mass is 9.88. The lowest BCUT2D eigenvalue weighted by Crippen LogP contribution is -2.22. The minimum absolute atomic E-state index is 0.105. The fraction of sp³-hybridized carbons (Fsp3) is 0.611. The number of carboxylic acid groups (broad SMARTS) is 1. The van der Waals surface area contributed by atoms with E-state index in [1.807, 2.05) is 20.8 Å². The molecule has 0 aromatic heterocycles. The molecule has 2 atom stereocenters. The number of allylic oxidation sites excluding steroid dienone is 4. The molecule has 2 nitrogen and oxygen atoms in total. The molecule has 20 heavy (non-hydrogen) atoms. The van der Waals surface area contributed by atoms with Crippen LogP contribution in [0.1, 0.15) is 53.9 Å². The summed E-state index contributed by atoms with van der Waals surface area (Å²) in [6.07, 6.45) is 11.6. The van der Waals surface area contributed by atoms with Gasteiger partial charge in [-0.25, -0.2) is 0 Å². The predicted molar refractivity (Wildman–Crippen MR) is 83.2 cm³/mol. The summed E-state index contributed by atoms with van der Waals surface area (Å²) in [5.41, 5.74) is 1.44. The standard InChI is InChI=1S/C18H26O2/c1-7-8-9-10-14(4)12-18(16(19)20)15(11-13(2)3)17(18,5)6/h1,10-11,15H,8-9,12H2,2-6H3,(H,19,20). The van der Waals surface area contributed by atoms with E-state index >= 15 is 0 Å². The van der Waals surface area contributed by atoms with Gasteiger partial charge in [-0.3, -0.25) is 4.79 Å². The van der Waals surface area contributed by atoms with Gasteiger partial charge in [0.2, 0.25) is 0 Å². The van der Waals surface area contributed by atoms with E-state index in [4.69, 9.17) is 6.42 Å². The molecule has 1 fully saturated rings. The summed E-state index contributed by atoms with van der Waals surface area (Å²) in [6.45, 7) is 10.2. The Morgan fingerprint density at radius 1 is 1.35 bits per heavy atom. The highest BCUT2D eigenvalue weighted by atomic mass is 16.4. The second-order valence-corrected chi connectivity index (χ2v) is 6.69. The van der Waals surface area contributed by atoms with Crippen LogP contribution in [-0.4, -0.2) is 11.1 Å². The zero-order valence-corrected chi connectivity index (χ0v) is 13.3. The number of carbonyl (C=O) groups is 1. The van der Waals surface area contributed by atoms with Gasteiger partial charge in [-0.2, -0.15) is 0 Å². The molecule has 0 saturated heterocycles. The number of hydrogen-bond acceptors (Lipinski definition) is 1. The van der Waals surface area contributed by atoms with Gasteiger partial charge in [-0.05, 0) is 39.0 Å². The summed E-state index contributed by atoms with van der Waals surface area (Å²) in [7, 11) is 0. The first kappa shape index (κ1) is 16.6. The third-order valence-electron chi connectivity index (χ3n) is 4.60. The molecule has 2 unspecified atom stereocenters. The Morgan fingerprint density at radius 2 is 1.95 bits per heavy atom. The number of terminal acetylenes is 1. The molecule has 0 radical (unpaired) electrons. The van der Waals surface area contributed by atoms with Gasteiger partial charge in [0.25, 0.3) is 0 Å². The van der Waals surface area contributed by atoms with Crippen LogP contribution < -0.4 is 0 Å². The first-order chi connectivity index (χ1) is 9.20. The smallest absolute Gasteiger partial charge is 0.311 e. The van der Waals surface area contributed by atoms with Crippen LogP contribution in [0.15, 0.2) is 23.3 Å². The summed E-state index contributed by atoms with van der Waals surface area (Å²) in [6, 6.07) is 0. The Kier molecular flexibility index (Phi) is 4.86. The van der Waals surface area contributed by atoms with Crippen LogP contribution in [0.2, 0.25) is 0 Å². The fourth-order valence-electron chi connectivity index (χ4n) is 3.32. The number of unbranched alkanes of at least 4 members (excludes halogenated alkanes) is 1. The highest BCUT2D eigenvalue weighted by molar-refractivity contribution is 5.82. The zero-order chi connectivity index (χ0) is 15.6. The monoisotopic (exact) mass is 274 g/mol. The largest absolute Gasteiger partial charge is 0.481 e. The summed E-state index contributed by atoms with van der Waals surface area (Å²) < 4.78 is 0. The maximum absolute atomic E-state index is 11.9. The molecule has 110 valence electrons. The van der Waals surface area contributed by atoms with Gasteiger partial charge in [0.1, 0.15) is 0 Å². The number of aliphatic carboxylic acids is 1. The second kappa shape index (κ2) is 5.87. The first-order valence-corrected chi connectivity index (χ1v) is 7.17. The average molecular weight is 274 g/mol. The number of rotatable bonds is 6. The van der Waals surface area contributed by atoms with Crippen molar-refractivity contribution < 1.29 is 9.90 Å². The quantitative estimate of drug-likeness (QED) is 0.442. The molecule has 0 aromatic rings. The van der Waals surface area contributed by atoms with E-state index in [0.717, 1.165) is 12.0 Å². The molecule has 0 amide bonds. The lowest BCUT2D eigenvalue weighted by molar-refractivity contribution is -0.145. The average Bonchev–Trinajstić information content (AvgIpc) is 2.76. The molecule has 0 spiro atoms. The van der Waals surface area contributed by atoms with E-state index < -0.39 is 11.4 Å². The van der Waals surface area contributed by atoms with Crippen molar-refractivity contribution in [2.24, 2.45) is 16.7 Å². The van der Waals surface area contributed by atoms with Crippen LogP contribution in [0.5, 0.6) is 0 Å². The Labute approximate surface area is 123 Å². The van der Waals surface area contributed by atoms with Gasteiger partial charge in [0.15, 0.2) is 0 Å². The molecule has 1 aliphatic rings. The van der Waals surface area contributed by atoms with Crippen molar-refractivity contribution in [1.29, 1.82) is 0 Å². The van der Waals surface area contributed by atoms with Gasteiger partial charge >= 0.3 is 5.97 Å². The topological polar surface area (TPSA) is 37.3 Å². The zero-order valence-electron chi connectivity index (χ0n) is 13.3. The first-order valence-electron chi connectivity index (χ1n) is 7.17. The molecule has 0 heterocycles. The van der Waals surface area contributed by atoms with Crippen molar-refractivity contribution in [3.05, 3.63) is 23.3 Å². The second-order valence-electron chi connectivity index (χ2n) is 6.69. The minimum atomic E-state index is -0.685. The highest BCUT2D eigenvalue weighted by Crippen LogP contribution is 2.72. The Hall–Kier alpha value is -1.49. The van der Waals surface area contributed by atoms with Crippen molar-refractivity contribution >= 4 is 5.97 Å². The molecule has 1 aliphatic carbocycles. The lowest BCUT2D eigenvalue weighted by Gasteiger charge is -2.16. The Bertz CT molecular complexity index is 484. The third-order valence-corrected chi connectivity index (χ3v) is 4.60. The van der Waals surface area contributed by atoms with Crippen LogP contribution in [0.3, 0.4) is 0 Å². The number of hydrogen-bond donors (Lipinski definition) is 1. The van der Waals surface area contributed by atoms with Gasteiger partial charge in [-0.1, -0.05) is 37.1 Å². The SMILES string of the molecule is C#CCCC=C(C)CC1(C(=O)O)C(C=C(C)C)C1(C)C. The Morgan fingerprint density at radius 3 is 2.40 bits per heavy atom. The van der Waals surface area contributed by atoms with E-state index in [9.17, 15) is 9.90 Å². The van der Waals surface area contributed by atoms with Crippen LogP contribution in [0.4, 0.5) is 0 Å². The molecule has 1 rings (SSSR count). The molecule has 0 aliphatic heterocycles. The maximum atomic E-state index is 11.9. The van der Waals surface area contributed by atoms with Gasteiger partial charge in [0, 0.05) is 12.3 Å².